The van der Waals surface area contributed by atoms with Crippen LogP contribution in [-0.4, -0.2) is 48.9 Å². The van der Waals surface area contributed by atoms with Crippen molar-refractivity contribution in [2.24, 2.45) is 5.92 Å². The highest BCUT2D eigenvalue weighted by molar-refractivity contribution is 5.84. The van der Waals surface area contributed by atoms with Crippen molar-refractivity contribution in [3.05, 3.63) is 0 Å². The first kappa shape index (κ1) is 15.2. The molecule has 1 heterocycles. The molecule has 1 N–H and O–H groups in total. The molecule has 0 aromatic heterocycles. The third kappa shape index (κ3) is 4.13. The zero-order valence-electron chi connectivity index (χ0n) is 10.8. The van der Waals surface area contributed by atoms with Gasteiger partial charge in [0, 0.05) is 6.54 Å². The van der Waals surface area contributed by atoms with Crippen molar-refractivity contribution in [1.29, 1.82) is 0 Å². The van der Waals surface area contributed by atoms with Gasteiger partial charge in [0.15, 0.2) is 0 Å². The fourth-order valence-corrected chi connectivity index (χ4v) is 1.92. The van der Waals surface area contributed by atoms with Crippen LogP contribution in [0.25, 0.3) is 0 Å². The first-order valence-corrected chi connectivity index (χ1v) is 5.93. The van der Waals surface area contributed by atoms with Gasteiger partial charge >= 0.3 is 6.18 Å². The van der Waals surface area contributed by atoms with Crippen LogP contribution in [0.5, 0.6) is 0 Å². The minimum atomic E-state index is -4.32. The molecule has 0 bridgehead atoms. The maximum Gasteiger partial charge on any atom is 0.411 e. The molecule has 0 aromatic carbocycles. The fraction of sp³-hybridized carbons (Fsp3) is 0.909. The van der Waals surface area contributed by atoms with Crippen LogP contribution in [-0.2, 0) is 9.53 Å². The van der Waals surface area contributed by atoms with E-state index < -0.39 is 12.8 Å². The number of ether oxygens (including phenoxy) is 1. The largest absolute Gasteiger partial charge is 0.411 e. The molecular formula is C11H19F3N2O2. The van der Waals surface area contributed by atoms with Gasteiger partial charge in [-0.05, 0) is 12.8 Å². The monoisotopic (exact) mass is 268 g/mol. The van der Waals surface area contributed by atoms with E-state index in [1.807, 2.05) is 20.8 Å². The Morgan fingerprint density at radius 1 is 1.44 bits per heavy atom. The van der Waals surface area contributed by atoms with Crippen molar-refractivity contribution in [3.63, 3.8) is 0 Å². The summed E-state index contributed by atoms with van der Waals surface area (Å²) in [6.45, 7) is 4.45. The van der Waals surface area contributed by atoms with Crippen molar-refractivity contribution in [1.82, 2.24) is 10.2 Å². The van der Waals surface area contributed by atoms with Crippen LogP contribution in [0.1, 0.15) is 20.8 Å². The van der Waals surface area contributed by atoms with Gasteiger partial charge in [-0.1, -0.05) is 13.8 Å². The quantitative estimate of drug-likeness (QED) is 0.766. The van der Waals surface area contributed by atoms with Crippen molar-refractivity contribution >= 4 is 5.91 Å². The summed E-state index contributed by atoms with van der Waals surface area (Å²) >= 11 is 0. The van der Waals surface area contributed by atoms with Crippen LogP contribution >= 0.6 is 0 Å². The Morgan fingerprint density at radius 3 is 2.50 bits per heavy atom. The SMILES string of the molecule is CC(C)C1NC(C)N(CCOCC(F)(F)F)C1=O. The van der Waals surface area contributed by atoms with Gasteiger partial charge in [0.05, 0.1) is 18.8 Å². The molecule has 0 spiro atoms. The van der Waals surface area contributed by atoms with Gasteiger partial charge in [-0.2, -0.15) is 13.2 Å². The minimum absolute atomic E-state index is 0.0758. The average Bonchev–Trinajstić information content (AvgIpc) is 2.49. The lowest BCUT2D eigenvalue weighted by atomic mass is 10.1. The fourth-order valence-electron chi connectivity index (χ4n) is 1.92. The molecular weight excluding hydrogens is 249 g/mol. The molecule has 0 aromatic rings. The Balaban J connectivity index is 2.36. The average molecular weight is 268 g/mol. The van der Waals surface area contributed by atoms with E-state index in [2.05, 4.69) is 10.1 Å². The second-order valence-corrected chi connectivity index (χ2v) is 4.76. The number of carbonyl (C=O) groups excluding carboxylic acids is 1. The smallest absolute Gasteiger partial charge is 0.370 e. The van der Waals surface area contributed by atoms with Crippen molar-refractivity contribution in [3.8, 4) is 0 Å². The molecule has 2 unspecified atom stereocenters. The van der Waals surface area contributed by atoms with E-state index in [0.29, 0.717) is 0 Å². The van der Waals surface area contributed by atoms with Crippen LogP contribution in [0.3, 0.4) is 0 Å². The molecule has 1 fully saturated rings. The number of alkyl halides is 3. The first-order valence-electron chi connectivity index (χ1n) is 5.93. The molecule has 0 aliphatic carbocycles. The molecule has 0 radical (unpaired) electrons. The van der Waals surface area contributed by atoms with Gasteiger partial charge < -0.3 is 9.64 Å². The standard InChI is InChI=1S/C11H19F3N2O2/c1-7(2)9-10(17)16(8(3)15-9)4-5-18-6-11(12,13)14/h7-9,15H,4-6H2,1-3H3. The van der Waals surface area contributed by atoms with Crippen LogP contribution in [0, 0.1) is 5.92 Å². The lowest BCUT2D eigenvalue weighted by Gasteiger charge is -2.20. The third-order valence-corrected chi connectivity index (χ3v) is 2.85. The molecule has 1 amide bonds. The molecule has 1 aliphatic rings. The lowest BCUT2D eigenvalue weighted by molar-refractivity contribution is -0.174. The second kappa shape index (κ2) is 5.88. The molecule has 1 aliphatic heterocycles. The molecule has 1 saturated heterocycles. The van der Waals surface area contributed by atoms with Gasteiger partial charge in [-0.3, -0.25) is 10.1 Å². The Labute approximate surface area is 104 Å². The molecule has 0 saturated carbocycles. The number of carbonyl (C=O) groups is 1. The second-order valence-electron chi connectivity index (χ2n) is 4.76. The van der Waals surface area contributed by atoms with Crippen LogP contribution in [0.2, 0.25) is 0 Å². The van der Waals surface area contributed by atoms with E-state index in [0.717, 1.165) is 0 Å². The van der Waals surface area contributed by atoms with E-state index in [1.54, 1.807) is 0 Å². The van der Waals surface area contributed by atoms with Gasteiger partial charge in [-0.15, -0.1) is 0 Å². The molecule has 106 valence electrons. The van der Waals surface area contributed by atoms with Gasteiger partial charge in [0.1, 0.15) is 6.61 Å². The molecule has 7 heteroatoms. The number of hydrogen-bond acceptors (Lipinski definition) is 3. The molecule has 2 atom stereocenters. The van der Waals surface area contributed by atoms with E-state index >= 15 is 0 Å². The predicted octanol–water partition coefficient (Wildman–Crippen LogP) is 1.37. The van der Waals surface area contributed by atoms with E-state index in [4.69, 9.17) is 0 Å². The summed E-state index contributed by atoms with van der Waals surface area (Å²) in [7, 11) is 0. The Hall–Kier alpha value is -0.820. The normalized spacial score (nSPS) is 25.3. The van der Waals surface area contributed by atoms with Crippen LogP contribution < -0.4 is 5.32 Å². The first-order chi connectivity index (χ1) is 8.22. The van der Waals surface area contributed by atoms with Gasteiger partial charge in [-0.25, -0.2) is 0 Å². The van der Waals surface area contributed by atoms with Gasteiger partial charge in [0.25, 0.3) is 0 Å². The summed E-state index contributed by atoms with van der Waals surface area (Å²) in [5, 5.41) is 3.11. The molecule has 4 nitrogen and oxygen atoms in total. The highest BCUT2D eigenvalue weighted by atomic mass is 19.4. The Bertz CT molecular complexity index is 295. The topological polar surface area (TPSA) is 41.6 Å². The number of halogens is 3. The molecule has 18 heavy (non-hydrogen) atoms. The highest BCUT2D eigenvalue weighted by Crippen LogP contribution is 2.17. The summed E-state index contributed by atoms with van der Waals surface area (Å²) in [6, 6.07) is -0.261. The summed E-state index contributed by atoms with van der Waals surface area (Å²) in [4.78, 5) is 13.4. The zero-order valence-corrected chi connectivity index (χ0v) is 10.8. The van der Waals surface area contributed by atoms with E-state index in [-0.39, 0.29) is 37.2 Å². The van der Waals surface area contributed by atoms with Crippen LogP contribution in [0.15, 0.2) is 0 Å². The maximum atomic E-state index is 11.9. The Morgan fingerprint density at radius 2 is 2.06 bits per heavy atom. The summed E-state index contributed by atoms with van der Waals surface area (Å²) < 4.78 is 40.1. The summed E-state index contributed by atoms with van der Waals surface area (Å²) in [5.41, 5.74) is 0. The third-order valence-electron chi connectivity index (χ3n) is 2.85. The lowest BCUT2D eigenvalue weighted by Crippen LogP contribution is -2.37. The van der Waals surface area contributed by atoms with E-state index in [9.17, 15) is 18.0 Å². The zero-order chi connectivity index (χ0) is 13.9. The van der Waals surface area contributed by atoms with Crippen molar-refractivity contribution in [2.45, 2.75) is 39.2 Å². The summed E-state index contributed by atoms with van der Waals surface area (Å²) in [5.74, 6) is 0.0779. The number of hydrogen-bond donors (Lipinski definition) is 1. The number of nitrogens with zero attached hydrogens (tertiary/aromatic N) is 1. The van der Waals surface area contributed by atoms with Gasteiger partial charge in [0.2, 0.25) is 5.91 Å². The summed E-state index contributed by atoms with van der Waals surface area (Å²) in [6.07, 6.45) is -4.49. The number of amides is 1. The van der Waals surface area contributed by atoms with Crippen molar-refractivity contribution in [2.75, 3.05) is 19.8 Å². The maximum absolute atomic E-state index is 11.9. The van der Waals surface area contributed by atoms with Crippen LogP contribution in [0.4, 0.5) is 13.2 Å². The van der Waals surface area contributed by atoms with Crippen molar-refractivity contribution < 1.29 is 22.7 Å². The highest BCUT2D eigenvalue weighted by Gasteiger charge is 2.37. The Kier molecular flexibility index (Phi) is 4.98. The number of rotatable bonds is 5. The molecule has 1 rings (SSSR count). The predicted molar refractivity (Wildman–Crippen MR) is 59.8 cm³/mol. The van der Waals surface area contributed by atoms with E-state index in [1.165, 1.54) is 4.90 Å². The number of nitrogens with one attached hydrogen (secondary N) is 1. The minimum Gasteiger partial charge on any atom is -0.370 e.